The lowest BCUT2D eigenvalue weighted by molar-refractivity contribution is 0.0697. The van der Waals surface area contributed by atoms with Gasteiger partial charge in [-0.05, 0) is 43.7 Å². The molecular weight excluding hydrogens is 344 g/mol. The average molecular weight is 364 g/mol. The van der Waals surface area contributed by atoms with E-state index in [0.29, 0.717) is 11.6 Å². The first-order valence-corrected chi connectivity index (χ1v) is 8.37. The molecule has 138 valence electrons. The van der Waals surface area contributed by atoms with Crippen molar-refractivity contribution in [3.63, 3.8) is 0 Å². The summed E-state index contributed by atoms with van der Waals surface area (Å²) in [6.07, 6.45) is 5.29. The fourth-order valence-electron chi connectivity index (χ4n) is 2.78. The molecule has 3 aromatic rings. The average Bonchev–Trinajstić information content (AvgIpc) is 3.04. The summed E-state index contributed by atoms with van der Waals surface area (Å²) in [5.74, 6) is 0.425. The zero-order chi connectivity index (χ0) is 19.4. The van der Waals surface area contributed by atoms with Crippen molar-refractivity contribution in [3.05, 3.63) is 65.5 Å². The number of benzene rings is 1. The Morgan fingerprint density at radius 1 is 1.30 bits per heavy atom. The Kier molecular flexibility index (Phi) is 5.21. The summed E-state index contributed by atoms with van der Waals surface area (Å²) in [7, 11) is 1.60. The Labute approximate surface area is 156 Å². The second kappa shape index (κ2) is 7.74. The molecule has 0 unspecified atom stereocenters. The molecule has 7 heteroatoms. The maximum absolute atomic E-state index is 11.5. The maximum Gasteiger partial charge on any atom is 0.339 e. The lowest BCUT2D eigenvalue weighted by atomic mass is 10.2. The van der Waals surface area contributed by atoms with Crippen molar-refractivity contribution < 1.29 is 14.6 Å². The first-order valence-electron chi connectivity index (χ1n) is 8.37. The number of nitrogens with one attached hydrogen (secondary N) is 1. The van der Waals surface area contributed by atoms with Gasteiger partial charge in [-0.3, -0.25) is 0 Å². The number of carboxylic acid groups (broad SMARTS) is 1. The number of methoxy groups -OCH3 is 1. The monoisotopic (exact) mass is 364 g/mol. The number of anilines is 2. The number of rotatable bonds is 6. The van der Waals surface area contributed by atoms with E-state index in [1.54, 1.807) is 17.9 Å². The standard InChI is InChI=1S/C20H20N4O3/c1-4-7-14-12-17(22-19-15(20(25)26)9-6-11-21-19)24(23-14)18-13(2)8-5-10-16(18)27-3/h4-12H,1-3H3,(H,21,22)(H,25,26). The van der Waals surface area contributed by atoms with Crippen molar-refractivity contribution in [2.24, 2.45) is 0 Å². The number of allylic oxidation sites excluding steroid dienone is 1. The molecule has 7 nitrogen and oxygen atoms in total. The second-order valence-corrected chi connectivity index (χ2v) is 5.82. The number of hydrogen-bond donors (Lipinski definition) is 2. The van der Waals surface area contributed by atoms with Crippen LogP contribution < -0.4 is 10.1 Å². The normalized spacial score (nSPS) is 10.9. The maximum atomic E-state index is 11.5. The Balaban J connectivity index is 2.16. The minimum absolute atomic E-state index is 0.0783. The van der Waals surface area contributed by atoms with Crippen molar-refractivity contribution in [1.29, 1.82) is 0 Å². The number of aryl methyl sites for hydroxylation is 1. The van der Waals surface area contributed by atoms with Gasteiger partial charge in [0, 0.05) is 12.3 Å². The third-order valence-electron chi connectivity index (χ3n) is 3.98. The quantitative estimate of drug-likeness (QED) is 0.686. The van der Waals surface area contributed by atoms with Crippen LogP contribution in [0.1, 0.15) is 28.5 Å². The van der Waals surface area contributed by atoms with Crippen molar-refractivity contribution in [2.75, 3.05) is 12.4 Å². The number of carbonyl (C=O) groups is 1. The topological polar surface area (TPSA) is 89.3 Å². The lowest BCUT2D eigenvalue weighted by Gasteiger charge is -2.15. The van der Waals surface area contributed by atoms with Crippen LogP contribution in [-0.4, -0.2) is 33.0 Å². The number of hydrogen-bond acceptors (Lipinski definition) is 5. The van der Waals surface area contributed by atoms with E-state index in [1.807, 2.05) is 50.3 Å². The minimum atomic E-state index is -1.06. The van der Waals surface area contributed by atoms with Crippen LogP contribution in [0.5, 0.6) is 5.75 Å². The summed E-state index contributed by atoms with van der Waals surface area (Å²) >= 11 is 0. The van der Waals surface area contributed by atoms with E-state index in [2.05, 4.69) is 15.4 Å². The van der Waals surface area contributed by atoms with Gasteiger partial charge in [0.2, 0.25) is 0 Å². The Hall–Kier alpha value is -3.61. The molecule has 2 heterocycles. The molecule has 0 aliphatic carbocycles. The zero-order valence-corrected chi connectivity index (χ0v) is 15.3. The minimum Gasteiger partial charge on any atom is -0.494 e. The molecule has 27 heavy (non-hydrogen) atoms. The van der Waals surface area contributed by atoms with Crippen LogP contribution in [0.4, 0.5) is 11.6 Å². The molecule has 0 fully saturated rings. The molecule has 3 rings (SSSR count). The van der Waals surface area contributed by atoms with Gasteiger partial charge in [-0.15, -0.1) is 0 Å². The molecule has 0 atom stereocenters. The van der Waals surface area contributed by atoms with Gasteiger partial charge in [0.05, 0.1) is 12.8 Å². The number of pyridine rings is 1. The SMILES string of the molecule is CC=Cc1cc(Nc2ncccc2C(=O)O)n(-c2c(C)cccc2OC)n1. The van der Waals surface area contributed by atoms with Gasteiger partial charge in [0.1, 0.15) is 28.6 Å². The third-order valence-corrected chi connectivity index (χ3v) is 3.98. The van der Waals surface area contributed by atoms with E-state index < -0.39 is 5.97 Å². The molecule has 0 aliphatic rings. The van der Waals surface area contributed by atoms with Crippen molar-refractivity contribution in [1.82, 2.24) is 14.8 Å². The van der Waals surface area contributed by atoms with E-state index in [4.69, 9.17) is 4.74 Å². The molecule has 1 aromatic carbocycles. The van der Waals surface area contributed by atoms with Crippen LogP contribution in [0.2, 0.25) is 0 Å². The molecule has 2 aromatic heterocycles. The van der Waals surface area contributed by atoms with Gasteiger partial charge in [-0.25, -0.2) is 14.5 Å². The van der Waals surface area contributed by atoms with Crippen LogP contribution in [0, 0.1) is 6.92 Å². The molecule has 2 N–H and O–H groups in total. The van der Waals surface area contributed by atoms with Gasteiger partial charge < -0.3 is 15.2 Å². The smallest absolute Gasteiger partial charge is 0.339 e. The predicted molar refractivity (Wildman–Crippen MR) is 104 cm³/mol. The van der Waals surface area contributed by atoms with Crippen LogP contribution in [-0.2, 0) is 0 Å². The highest BCUT2D eigenvalue weighted by atomic mass is 16.5. The molecule has 0 radical (unpaired) electrons. The summed E-state index contributed by atoms with van der Waals surface area (Å²) in [6, 6.07) is 10.6. The van der Waals surface area contributed by atoms with E-state index >= 15 is 0 Å². The summed E-state index contributed by atoms with van der Waals surface area (Å²) in [4.78, 5) is 15.7. The van der Waals surface area contributed by atoms with Crippen LogP contribution >= 0.6 is 0 Å². The first kappa shape index (κ1) is 18.2. The van der Waals surface area contributed by atoms with Crippen LogP contribution in [0.25, 0.3) is 11.8 Å². The molecule has 0 amide bonds. The number of carboxylic acids is 1. The van der Waals surface area contributed by atoms with Gasteiger partial charge in [0.15, 0.2) is 0 Å². The molecule has 0 aliphatic heterocycles. The van der Waals surface area contributed by atoms with Gasteiger partial charge in [-0.1, -0.05) is 18.2 Å². The second-order valence-electron chi connectivity index (χ2n) is 5.82. The number of aromatic carboxylic acids is 1. The summed E-state index contributed by atoms with van der Waals surface area (Å²) in [5.41, 5.74) is 2.53. The molecule has 0 spiro atoms. The van der Waals surface area contributed by atoms with E-state index in [0.717, 1.165) is 16.9 Å². The van der Waals surface area contributed by atoms with E-state index in [9.17, 15) is 9.90 Å². The highest BCUT2D eigenvalue weighted by molar-refractivity contribution is 5.93. The van der Waals surface area contributed by atoms with Crippen molar-refractivity contribution in [2.45, 2.75) is 13.8 Å². The summed E-state index contributed by atoms with van der Waals surface area (Å²) in [6.45, 7) is 3.86. The summed E-state index contributed by atoms with van der Waals surface area (Å²) < 4.78 is 7.20. The summed E-state index contributed by atoms with van der Waals surface area (Å²) in [5, 5.41) is 17.1. The lowest BCUT2D eigenvalue weighted by Crippen LogP contribution is -2.09. The Morgan fingerprint density at radius 2 is 2.11 bits per heavy atom. The highest BCUT2D eigenvalue weighted by Crippen LogP contribution is 2.31. The van der Waals surface area contributed by atoms with Crippen molar-refractivity contribution >= 4 is 23.7 Å². The predicted octanol–water partition coefficient (Wildman–Crippen LogP) is 4.06. The third kappa shape index (κ3) is 3.67. The van der Waals surface area contributed by atoms with Gasteiger partial charge >= 0.3 is 5.97 Å². The van der Waals surface area contributed by atoms with Crippen molar-refractivity contribution in [3.8, 4) is 11.4 Å². The molecule has 0 saturated heterocycles. The highest BCUT2D eigenvalue weighted by Gasteiger charge is 2.18. The molecule has 0 saturated carbocycles. The number of para-hydroxylation sites is 1. The van der Waals surface area contributed by atoms with E-state index in [-0.39, 0.29) is 11.4 Å². The molecule has 0 bridgehead atoms. The Bertz CT molecular complexity index is 1010. The number of ether oxygens (including phenoxy) is 1. The van der Waals surface area contributed by atoms with E-state index in [1.165, 1.54) is 12.3 Å². The fraction of sp³-hybridized carbons (Fsp3) is 0.150. The first-order chi connectivity index (χ1) is 13.0. The zero-order valence-electron chi connectivity index (χ0n) is 15.3. The fourth-order valence-corrected chi connectivity index (χ4v) is 2.78. The van der Waals surface area contributed by atoms with Gasteiger partial charge in [0.25, 0.3) is 0 Å². The van der Waals surface area contributed by atoms with Crippen LogP contribution in [0.3, 0.4) is 0 Å². The number of nitrogens with zero attached hydrogens (tertiary/aromatic N) is 3. The van der Waals surface area contributed by atoms with Gasteiger partial charge in [-0.2, -0.15) is 5.10 Å². The van der Waals surface area contributed by atoms with Crippen LogP contribution in [0.15, 0.2) is 48.7 Å². The molecular formula is C20H20N4O3. The largest absolute Gasteiger partial charge is 0.494 e. The number of aromatic nitrogens is 3. The Morgan fingerprint density at radius 3 is 2.81 bits per heavy atom.